The number of benzene rings is 2. The lowest BCUT2D eigenvalue weighted by molar-refractivity contribution is 0.626. The minimum atomic E-state index is -0.200. The van der Waals surface area contributed by atoms with Crippen molar-refractivity contribution in [3.8, 4) is 0 Å². The van der Waals surface area contributed by atoms with Crippen molar-refractivity contribution in [1.29, 1.82) is 0 Å². The second-order valence-electron chi connectivity index (χ2n) is 5.70. The third-order valence-corrected chi connectivity index (χ3v) is 4.03. The zero-order valence-electron chi connectivity index (χ0n) is 12.6. The number of hydrogen-bond acceptors (Lipinski definition) is 1. The number of aromatic nitrogens is 3. The van der Waals surface area contributed by atoms with Gasteiger partial charge in [0.1, 0.15) is 5.82 Å². The molecular weight excluding hydrogens is 289 g/mol. The Kier molecular flexibility index (Phi) is 3.42. The maximum absolute atomic E-state index is 13.0. The molecule has 0 saturated heterocycles. The Bertz CT molecular complexity index is 921. The molecule has 0 spiro atoms. The van der Waals surface area contributed by atoms with Crippen LogP contribution in [0.25, 0.3) is 10.9 Å². The Morgan fingerprint density at radius 2 is 1.70 bits per heavy atom. The van der Waals surface area contributed by atoms with E-state index >= 15 is 0 Å². The van der Waals surface area contributed by atoms with Gasteiger partial charge in [-0.05, 0) is 40.8 Å². The average molecular weight is 305 g/mol. The van der Waals surface area contributed by atoms with Crippen molar-refractivity contribution in [2.75, 3.05) is 0 Å². The van der Waals surface area contributed by atoms with E-state index in [1.165, 1.54) is 28.6 Å². The fourth-order valence-corrected chi connectivity index (χ4v) is 2.84. The van der Waals surface area contributed by atoms with E-state index in [9.17, 15) is 4.39 Å². The minimum Gasteiger partial charge on any atom is -0.343 e. The molecule has 4 heteroatoms. The molecule has 4 aromatic rings. The highest BCUT2D eigenvalue weighted by Gasteiger charge is 2.04. The van der Waals surface area contributed by atoms with E-state index in [4.69, 9.17) is 0 Å². The van der Waals surface area contributed by atoms with Crippen LogP contribution in [0.2, 0.25) is 0 Å². The standard InChI is InChI=1S/C19H16FN3/c20-18-5-2-15(3-6-18)13-23-9-7-17-4-1-16(11-19(17)23)12-22-10-8-21-14-22/h1-11,14H,12-13H2. The summed E-state index contributed by atoms with van der Waals surface area (Å²) >= 11 is 0. The van der Waals surface area contributed by atoms with Crippen LogP contribution >= 0.6 is 0 Å². The van der Waals surface area contributed by atoms with E-state index < -0.39 is 0 Å². The summed E-state index contributed by atoms with van der Waals surface area (Å²) in [6.45, 7) is 1.54. The van der Waals surface area contributed by atoms with Crippen molar-refractivity contribution in [3.63, 3.8) is 0 Å². The molecule has 2 aromatic carbocycles. The third-order valence-electron chi connectivity index (χ3n) is 4.03. The van der Waals surface area contributed by atoms with Crippen LogP contribution in [0.1, 0.15) is 11.1 Å². The largest absolute Gasteiger partial charge is 0.343 e. The van der Waals surface area contributed by atoms with Crippen LogP contribution < -0.4 is 0 Å². The van der Waals surface area contributed by atoms with Gasteiger partial charge in [-0.2, -0.15) is 0 Å². The molecule has 0 aliphatic carbocycles. The molecule has 23 heavy (non-hydrogen) atoms. The van der Waals surface area contributed by atoms with Gasteiger partial charge in [-0.1, -0.05) is 24.3 Å². The first kappa shape index (κ1) is 13.8. The van der Waals surface area contributed by atoms with Crippen molar-refractivity contribution in [3.05, 3.63) is 90.4 Å². The summed E-state index contributed by atoms with van der Waals surface area (Å²) in [6.07, 6.45) is 7.65. The molecule has 114 valence electrons. The lowest BCUT2D eigenvalue weighted by Crippen LogP contribution is -2.00. The lowest BCUT2D eigenvalue weighted by Gasteiger charge is -2.08. The van der Waals surface area contributed by atoms with Crippen molar-refractivity contribution < 1.29 is 4.39 Å². The molecule has 2 aromatic heterocycles. The van der Waals surface area contributed by atoms with Crippen LogP contribution in [0.3, 0.4) is 0 Å². The van der Waals surface area contributed by atoms with Crippen LogP contribution in [0.15, 0.2) is 73.4 Å². The second-order valence-corrected chi connectivity index (χ2v) is 5.70. The molecule has 3 nitrogen and oxygen atoms in total. The van der Waals surface area contributed by atoms with Gasteiger partial charge in [-0.15, -0.1) is 0 Å². The van der Waals surface area contributed by atoms with Crippen LogP contribution in [-0.4, -0.2) is 14.1 Å². The highest BCUT2D eigenvalue weighted by molar-refractivity contribution is 5.81. The van der Waals surface area contributed by atoms with E-state index in [1.54, 1.807) is 6.20 Å². The number of imidazole rings is 1. The first-order valence-corrected chi connectivity index (χ1v) is 7.56. The van der Waals surface area contributed by atoms with Gasteiger partial charge in [0.05, 0.1) is 6.33 Å². The molecule has 2 heterocycles. The summed E-state index contributed by atoms with van der Waals surface area (Å²) in [5.74, 6) is -0.200. The van der Waals surface area contributed by atoms with E-state index in [0.717, 1.165) is 18.7 Å². The zero-order valence-corrected chi connectivity index (χ0v) is 12.6. The SMILES string of the molecule is Fc1ccc(Cn2ccc3ccc(Cn4ccnc4)cc32)cc1. The van der Waals surface area contributed by atoms with Gasteiger partial charge in [0.15, 0.2) is 0 Å². The van der Waals surface area contributed by atoms with E-state index in [2.05, 4.69) is 44.6 Å². The quantitative estimate of drug-likeness (QED) is 0.557. The maximum atomic E-state index is 13.0. The van der Waals surface area contributed by atoms with Crippen LogP contribution in [0, 0.1) is 5.82 Å². The van der Waals surface area contributed by atoms with E-state index in [-0.39, 0.29) is 5.82 Å². The Morgan fingerprint density at radius 3 is 2.48 bits per heavy atom. The van der Waals surface area contributed by atoms with Gasteiger partial charge in [-0.3, -0.25) is 0 Å². The fourth-order valence-electron chi connectivity index (χ4n) is 2.84. The average Bonchev–Trinajstić information content (AvgIpc) is 3.20. The summed E-state index contributed by atoms with van der Waals surface area (Å²) in [4.78, 5) is 4.08. The Balaban J connectivity index is 1.65. The molecule has 0 saturated carbocycles. The first-order chi connectivity index (χ1) is 11.3. The summed E-state index contributed by atoms with van der Waals surface area (Å²) in [5.41, 5.74) is 3.51. The molecular formula is C19H16FN3. The smallest absolute Gasteiger partial charge is 0.123 e. The van der Waals surface area contributed by atoms with Crippen molar-refractivity contribution in [1.82, 2.24) is 14.1 Å². The van der Waals surface area contributed by atoms with Crippen LogP contribution in [0.5, 0.6) is 0 Å². The predicted molar refractivity (Wildman–Crippen MR) is 88.8 cm³/mol. The summed E-state index contributed by atoms with van der Waals surface area (Å²) in [7, 11) is 0. The van der Waals surface area contributed by atoms with Gasteiger partial charge in [0, 0.05) is 37.2 Å². The molecule has 0 bridgehead atoms. The number of rotatable bonds is 4. The Labute approximate surface area is 133 Å². The third kappa shape index (κ3) is 2.88. The van der Waals surface area contributed by atoms with Crippen molar-refractivity contribution >= 4 is 10.9 Å². The molecule has 4 rings (SSSR count). The topological polar surface area (TPSA) is 22.8 Å². The maximum Gasteiger partial charge on any atom is 0.123 e. The second kappa shape index (κ2) is 5.72. The monoisotopic (exact) mass is 305 g/mol. The molecule has 0 N–H and O–H groups in total. The summed E-state index contributed by atoms with van der Waals surface area (Å²) < 4.78 is 17.3. The van der Waals surface area contributed by atoms with Gasteiger partial charge in [0.2, 0.25) is 0 Å². The highest BCUT2D eigenvalue weighted by Crippen LogP contribution is 2.20. The van der Waals surface area contributed by atoms with Gasteiger partial charge in [0.25, 0.3) is 0 Å². The van der Waals surface area contributed by atoms with E-state index in [0.29, 0.717) is 0 Å². The number of fused-ring (bicyclic) bond motifs is 1. The van der Waals surface area contributed by atoms with Crippen LogP contribution in [0.4, 0.5) is 4.39 Å². The Hall–Kier alpha value is -2.88. The number of hydrogen-bond donors (Lipinski definition) is 0. The minimum absolute atomic E-state index is 0.200. The predicted octanol–water partition coefficient (Wildman–Crippen LogP) is 4.07. The Morgan fingerprint density at radius 1 is 0.870 bits per heavy atom. The number of halogens is 1. The molecule has 0 aliphatic heterocycles. The van der Waals surface area contributed by atoms with Crippen molar-refractivity contribution in [2.45, 2.75) is 13.1 Å². The fraction of sp³-hybridized carbons (Fsp3) is 0.105. The normalized spacial score (nSPS) is 11.2. The number of nitrogens with zero attached hydrogens (tertiary/aromatic N) is 3. The zero-order chi connectivity index (χ0) is 15.6. The molecule has 0 unspecified atom stereocenters. The van der Waals surface area contributed by atoms with Gasteiger partial charge < -0.3 is 9.13 Å². The first-order valence-electron chi connectivity index (χ1n) is 7.56. The van der Waals surface area contributed by atoms with Crippen LogP contribution in [-0.2, 0) is 13.1 Å². The molecule has 0 aliphatic rings. The van der Waals surface area contributed by atoms with E-state index in [1.807, 2.05) is 24.7 Å². The molecule has 0 amide bonds. The van der Waals surface area contributed by atoms with Gasteiger partial charge >= 0.3 is 0 Å². The molecule has 0 fully saturated rings. The van der Waals surface area contributed by atoms with Crippen molar-refractivity contribution in [2.24, 2.45) is 0 Å². The highest BCUT2D eigenvalue weighted by atomic mass is 19.1. The lowest BCUT2D eigenvalue weighted by atomic mass is 10.1. The summed E-state index contributed by atoms with van der Waals surface area (Å²) in [6, 6.07) is 15.3. The van der Waals surface area contributed by atoms with Gasteiger partial charge in [-0.25, -0.2) is 9.37 Å². The summed E-state index contributed by atoms with van der Waals surface area (Å²) in [5, 5.41) is 1.21. The molecule has 0 atom stereocenters. The molecule has 0 radical (unpaired) electrons.